The molecule has 0 saturated heterocycles. The van der Waals surface area contributed by atoms with E-state index >= 15 is 0 Å². The second kappa shape index (κ2) is 9.51. The molecule has 30 heavy (non-hydrogen) atoms. The number of nitrogens with zero attached hydrogens (tertiary/aromatic N) is 1. The van der Waals surface area contributed by atoms with Crippen LogP contribution >= 0.6 is 11.6 Å². The molecule has 1 fully saturated rings. The number of carbonyl (C=O) groups is 2. The first kappa shape index (κ1) is 21.5. The maximum Gasteiger partial charge on any atom is 0.322 e. The number of nitrogens with one attached hydrogen (secondary N) is 1. The summed E-state index contributed by atoms with van der Waals surface area (Å²) in [5.74, 6) is 4.53. The number of pyridine rings is 1. The molecule has 1 aliphatic rings. The van der Waals surface area contributed by atoms with E-state index in [-0.39, 0.29) is 11.4 Å². The van der Waals surface area contributed by atoms with Gasteiger partial charge in [0.2, 0.25) is 0 Å². The number of benzene rings is 1. The number of aromatic nitrogens is 1. The number of rotatable bonds is 5. The molecule has 1 saturated carbocycles. The minimum absolute atomic E-state index is 0.258. The van der Waals surface area contributed by atoms with Crippen molar-refractivity contribution >= 4 is 23.5 Å². The topological polar surface area (TPSA) is 109 Å². The maximum atomic E-state index is 11.9. The Hall–Kier alpha value is -3.24. The normalized spacial score (nSPS) is 14.8. The van der Waals surface area contributed by atoms with Crippen LogP contribution < -0.4 is 10.1 Å². The van der Waals surface area contributed by atoms with E-state index in [2.05, 4.69) is 22.1 Å². The third kappa shape index (κ3) is 5.65. The second-order valence-electron chi connectivity index (χ2n) is 7.03. The molecular weight excluding hydrogens is 408 g/mol. The summed E-state index contributed by atoms with van der Waals surface area (Å²) in [6, 6.07) is 8.46. The number of carbonyl (C=O) groups excluding carboxylic acids is 1. The molecule has 3 rings (SSSR count). The number of ether oxygens (including phenoxy) is 1. The lowest BCUT2D eigenvalue weighted by Crippen LogP contribution is -2.36. The van der Waals surface area contributed by atoms with E-state index in [0.29, 0.717) is 16.3 Å². The number of aromatic hydroxyl groups is 1. The number of aliphatic carboxylic acids is 1. The number of carboxylic acid groups (broad SMARTS) is 1. The molecular formula is C22H21ClN2O5. The molecule has 0 unspecified atom stereocenters. The van der Waals surface area contributed by atoms with E-state index in [1.165, 1.54) is 12.3 Å². The van der Waals surface area contributed by atoms with Gasteiger partial charge in [-0.15, -0.1) is 0 Å². The Balaban J connectivity index is 1.80. The Bertz CT molecular complexity index is 989. The van der Waals surface area contributed by atoms with Gasteiger partial charge in [0.25, 0.3) is 5.91 Å². The van der Waals surface area contributed by atoms with Gasteiger partial charge < -0.3 is 20.3 Å². The fourth-order valence-corrected chi connectivity index (χ4v) is 3.35. The number of amides is 1. The van der Waals surface area contributed by atoms with E-state index in [1.54, 1.807) is 24.3 Å². The first-order valence-electron chi connectivity index (χ1n) is 9.54. The van der Waals surface area contributed by atoms with Crippen LogP contribution in [-0.4, -0.2) is 39.2 Å². The van der Waals surface area contributed by atoms with Crippen LogP contribution in [0.5, 0.6) is 11.5 Å². The van der Waals surface area contributed by atoms with Crippen LogP contribution in [0.3, 0.4) is 0 Å². The Kier molecular flexibility index (Phi) is 6.80. The molecule has 8 heteroatoms. The number of halogens is 1. The highest BCUT2D eigenvalue weighted by Gasteiger charge is 2.32. The van der Waals surface area contributed by atoms with Gasteiger partial charge in [-0.3, -0.25) is 9.59 Å². The fourth-order valence-electron chi connectivity index (χ4n) is 3.23. The van der Waals surface area contributed by atoms with E-state index in [9.17, 15) is 14.7 Å². The van der Waals surface area contributed by atoms with E-state index < -0.39 is 24.0 Å². The smallest absolute Gasteiger partial charge is 0.322 e. The zero-order valence-electron chi connectivity index (χ0n) is 16.2. The molecule has 156 valence electrons. The summed E-state index contributed by atoms with van der Waals surface area (Å²) < 4.78 is 6.23. The lowest BCUT2D eigenvalue weighted by Gasteiger charge is -2.33. The van der Waals surface area contributed by atoms with Crippen molar-refractivity contribution in [3.8, 4) is 23.3 Å². The van der Waals surface area contributed by atoms with Gasteiger partial charge in [-0.2, -0.15) is 0 Å². The molecule has 1 aromatic heterocycles. The highest BCUT2D eigenvalue weighted by molar-refractivity contribution is 6.30. The molecule has 1 amide bonds. The largest absolute Gasteiger partial charge is 0.505 e. The van der Waals surface area contributed by atoms with Crippen LogP contribution in [0.15, 0.2) is 36.5 Å². The number of hydrogen-bond donors (Lipinski definition) is 3. The standard InChI is InChI=1S/C22H21ClN2O5/c23-16-4-6-17(7-5-16)30-22(9-2-1-3-10-22)11-8-15-12-18(26)20(24-13-15)21(29)25-14-19(27)28/h4-7,12-13,26H,1-3,9-10,14H2,(H,25,29)(H,27,28). The van der Waals surface area contributed by atoms with Crippen molar-refractivity contribution in [2.24, 2.45) is 0 Å². The Morgan fingerprint density at radius 2 is 1.90 bits per heavy atom. The Morgan fingerprint density at radius 3 is 2.53 bits per heavy atom. The monoisotopic (exact) mass is 428 g/mol. The molecule has 0 atom stereocenters. The lowest BCUT2D eigenvalue weighted by atomic mass is 9.85. The van der Waals surface area contributed by atoms with Gasteiger partial charge in [-0.25, -0.2) is 4.98 Å². The average molecular weight is 429 g/mol. The van der Waals surface area contributed by atoms with Crippen molar-refractivity contribution in [2.75, 3.05) is 6.54 Å². The SMILES string of the molecule is O=C(O)CNC(=O)c1ncc(C#CC2(Oc3ccc(Cl)cc3)CCCCC2)cc1O. The molecule has 1 heterocycles. The van der Waals surface area contributed by atoms with Gasteiger partial charge in [0.15, 0.2) is 11.3 Å². The fraction of sp³-hybridized carbons (Fsp3) is 0.318. The summed E-state index contributed by atoms with van der Waals surface area (Å²) in [4.78, 5) is 26.4. The maximum absolute atomic E-state index is 11.9. The van der Waals surface area contributed by atoms with Gasteiger partial charge in [0, 0.05) is 16.8 Å². The zero-order valence-corrected chi connectivity index (χ0v) is 16.9. The van der Waals surface area contributed by atoms with Crippen LogP contribution in [-0.2, 0) is 4.79 Å². The van der Waals surface area contributed by atoms with Gasteiger partial charge >= 0.3 is 5.97 Å². The quantitative estimate of drug-likeness (QED) is 0.630. The first-order valence-corrected chi connectivity index (χ1v) is 9.91. The third-order valence-electron chi connectivity index (χ3n) is 4.71. The van der Waals surface area contributed by atoms with Crippen molar-refractivity contribution in [2.45, 2.75) is 37.7 Å². The van der Waals surface area contributed by atoms with Crippen molar-refractivity contribution in [1.29, 1.82) is 0 Å². The van der Waals surface area contributed by atoms with Crippen molar-refractivity contribution < 1.29 is 24.5 Å². The Labute approximate surface area is 179 Å². The van der Waals surface area contributed by atoms with Gasteiger partial charge in [0.1, 0.15) is 18.0 Å². The van der Waals surface area contributed by atoms with Crippen LogP contribution in [0.4, 0.5) is 0 Å². The van der Waals surface area contributed by atoms with Crippen LogP contribution in [0, 0.1) is 11.8 Å². The molecule has 0 spiro atoms. The molecule has 0 radical (unpaired) electrons. The van der Waals surface area contributed by atoms with Gasteiger partial charge in [-0.05, 0) is 61.9 Å². The summed E-state index contributed by atoms with van der Waals surface area (Å²) in [5.41, 5.74) is -0.488. The van der Waals surface area contributed by atoms with E-state index in [0.717, 1.165) is 32.1 Å². The lowest BCUT2D eigenvalue weighted by molar-refractivity contribution is -0.135. The van der Waals surface area contributed by atoms with Crippen molar-refractivity contribution in [1.82, 2.24) is 10.3 Å². The highest BCUT2D eigenvalue weighted by atomic mass is 35.5. The first-order chi connectivity index (χ1) is 14.4. The predicted molar refractivity (Wildman–Crippen MR) is 111 cm³/mol. The minimum Gasteiger partial charge on any atom is -0.505 e. The highest BCUT2D eigenvalue weighted by Crippen LogP contribution is 2.33. The van der Waals surface area contributed by atoms with Crippen LogP contribution in [0.1, 0.15) is 48.2 Å². The molecule has 2 aromatic rings. The molecule has 0 bridgehead atoms. The summed E-state index contributed by atoms with van der Waals surface area (Å²) in [6.45, 7) is -0.563. The molecule has 7 nitrogen and oxygen atoms in total. The van der Waals surface area contributed by atoms with Gasteiger partial charge in [0.05, 0.1) is 0 Å². The van der Waals surface area contributed by atoms with Gasteiger partial charge in [-0.1, -0.05) is 23.9 Å². The third-order valence-corrected chi connectivity index (χ3v) is 4.96. The average Bonchev–Trinajstić information content (AvgIpc) is 2.73. The Morgan fingerprint density at radius 1 is 1.20 bits per heavy atom. The van der Waals surface area contributed by atoms with Crippen LogP contribution in [0.2, 0.25) is 5.02 Å². The minimum atomic E-state index is -1.19. The summed E-state index contributed by atoms with van der Waals surface area (Å²) in [5, 5.41) is 21.5. The van der Waals surface area contributed by atoms with Crippen molar-refractivity contribution in [3.63, 3.8) is 0 Å². The van der Waals surface area contributed by atoms with Crippen LogP contribution in [0.25, 0.3) is 0 Å². The summed E-state index contributed by atoms with van der Waals surface area (Å²) in [6.07, 6.45) is 6.02. The summed E-state index contributed by atoms with van der Waals surface area (Å²) >= 11 is 5.94. The molecule has 1 aliphatic carbocycles. The molecule has 3 N–H and O–H groups in total. The molecule has 0 aliphatic heterocycles. The van der Waals surface area contributed by atoms with E-state index in [4.69, 9.17) is 21.4 Å². The summed E-state index contributed by atoms with van der Waals surface area (Å²) in [7, 11) is 0. The number of hydrogen-bond acceptors (Lipinski definition) is 5. The van der Waals surface area contributed by atoms with E-state index in [1.807, 2.05) is 0 Å². The number of carboxylic acids is 1. The predicted octanol–water partition coefficient (Wildman–Crippen LogP) is 3.39. The zero-order chi connectivity index (χ0) is 21.6. The second-order valence-corrected chi connectivity index (χ2v) is 7.47. The molecule has 1 aromatic carbocycles. The van der Waals surface area contributed by atoms with Crippen molar-refractivity contribution in [3.05, 3.63) is 52.8 Å².